The minimum Gasteiger partial charge on any atom is -0.468 e. The fourth-order valence-corrected chi connectivity index (χ4v) is 1.57. The molecular formula is C13H16N2O. The lowest BCUT2D eigenvalue weighted by atomic mass is 10.2. The van der Waals surface area contributed by atoms with E-state index in [0.717, 1.165) is 25.3 Å². The largest absolute Gasteiger partial charge is 0.468 e. The van der Waals surface area contributed by atoms with Gasteiger partial charge in [0.1, 0.15) is 5.76 Å². The van der Waals surface area contributed by atoms with Crippen LogP contribution in [0, 0.1) is 6.92 Å². The first kappa shape index (κ1) is 10.9. The number of nitrogens with zero attached hydrogens (tertiary/aromatic N) is 1. The molecule has 0 atom stereocenters. The minimum absolute atomic E-state index is 0.791. The Morgan fingerprint density at radius 3 is 3.00 bits per heavy atom. The molecule has 0 amide bonds. The normalized spacial score (nSPS) is 10.6. The first-order chi connectivity index (χ1) is 7.86. The first-order valence-electron chi connectivity index (χ1n) is 5.49. The highest BCUT2D eigenvalue weighted by Crippen LogP contribution is 2.07. The zero-order valence-corrected chi connectivity index (χ0v) is 9.44. The third-order valence-electron chi connectivity index (χ3n) is 2.57. The fraction of sp³-hybridized carbons (Fsp3) is 0.308. The minimum atomic E-state index is 0.791. The van der Waals surface area contributed by atoms with Crippen molar-refractivity contribution in [2.45, 2.75) is 19.9 Å². The third-order valence-corrected chi connectivity index (χ3v) is 2.57. The van der Waals surface area contributed by atoms with Crippen LogP contribution < -0.4 is 5.32 Å². The van der Waals surface area contributed by atoms with Crippen molar-refractivity contribution >= 4 is 0 Å². The lowest BCUT2D eigenvalue weighted by molar-refractivity contribution is 0.481. The summed E-state index contributed by atoms with van der Waals surface area (Å²) in [6.45, 7) is 3.78. The molecule has 0 radical (unpaired) electrons. The van der Waals surface area contributed by atoms with Crippen LogP contribution in [0.5, 0.6) is 0 Å². The maximum atomic E-state index is 5.34. The summed E-state index contributed by atoms with van der Waals surface area (Å²) in [5, 5.41) is 3.36. The monoisotopic (exact) mass is 216 g/mol. The molecule has 3 heteroatoms. The number of furan rings is 1. The molecule has 0 saturated carbocycles. The number of aromatic nitrogens is 1. The van der Waals surface area contributed by atoms with E-state index in [9.17, 15) is 0 Å². The maximum absolute atomic E-state index is 5.34. The molecule has 16 heavy (non-hydrogen) atoms. The Morgan fingerprint density at radius 1 is 1.38 bits per heavy atom. The van der Waals surface area contributed by atoms with Gasteiger partial charge in [0, 0.05) is 12.4 Å². The Labute approximate surface area is 95.5 Å². The smallest absolute Gasteiger partial charge is 0.120 e. The van der Waals surface area contributed by atoms with Gasteiger partial charge in [-0.1, -0.05) is 6.07 Å². The highest BCUT2D eigenvalue weighted by Gasteiger charge is 2.00. The predicted molar refractivity (Wildman–Crippen MR) is 63.1 cm³/mol. The Kier molecular flexibility index (Phi) is 3.72. The average molecular weight is 216 g/mol. The lowest BCUT2D eigenvalue weighted by Crippen LogP contribution is -2.16. The molecule has 0 fully saturated rings. The molecule has 1 N–H and O–H groups in total. The van der Waals surface area contributed by atoms with E-state index < -0.39 is 0 Å². The number of nitrogens with one attached hydrogen (secondary N) is 1. The summed E-state index contributed by atoms with van der Waals surface area (Å²) in [5.41, 5.74) is 2.46. The summed E-state index contributed by atoms with van der Waals surface area (Å²) < 4.78 is 5.34. The van der Waals surface area contributed by atoms with Crippen LogP contribution in [-0.4, -0.2) is 11.5 Å². The van der Waals surface area contributed by atoms with Gasteiger partial charge in [-0.05, 0) is 43.1 Å². The second kappa shape index (κ2) is 5.47. The van der Waals surface area contributed by atoms with Crippen LogP contribution in [0.25, 0.3) is 0 Å². The SMILES string of the molecule is Cc1ccoc1CNCCc1cccnc1. The lowest BCUT2D eigenvalue weighted by Gasteiger charge is -2.03. The van der Waals surface area contributed by atoms with Crippen LogP contribution in [0.4, 0.5) is 0 Å². The van der Waals surface area contributed by atoms with E-state index in [1.54, 1.807) is 12.5 Å². The van der Waals surface area contributed by atoms with Gasteiger partial charge in [0.25, 0.3) is 0 Å². The van der Waals surface area contributed by atoms with Crippen molar-refractivity contribution in [2.24, 2.45) is 0 Å². The van der Waals surface area contributed by atoms with Gasteiger partial charge in [0.2, 0.25) is 0 Å². The van der Waals surface area contributed by atoms with Gasteiger partial charge in [-0.25, -0.2) is 0 Å². The number of hydrogen-bond acceptors (Lipinski definition) is 3. The zero-order valence-electron chi connectivity index (χ0n) is 9.44. The van der Waals surface area contributed by atoms with E-state index in [1.807, 2.05) is 18.3 Å². The molecule has 0 aliphatic heterocycles. The van der Waals surface area contributed by atoms with Crippen molar-refractivity contribution < 1.29 is 4.42 Å². The molecule has 84 valence electrons. The van der Waals surface area contributed by atoms with Gasteiger partial charge in [-0.3, -0.25) is 4.98 Å². The summed E-state index contributed by atoms with van der Waals surface area (Å²) in [6.07, 6.45) is 6.42. The second-order valence-corrected chi connectivity index (χ2v) is 3.81. The molecule has 2 aromatic heterocycles. The standard InChI is InChI=1S/C13H16N2O/c1-11-5-8-16-13(11)10-15-7-4-12-3-2-6-14-9-12/h2-3,5-6,8-9,15H,4,7,10H2,1H3. The summed E-state index contributed by atoms with van der Waals surface area (Å²) in [7, 11) is 0. The maximum Gasteiger partial charge on any atom is 0.120 e. The molecule has 0 aliphatic carbocycles. The summed E-state index contributed by atoms with van der Waals surface area (Å²) in [5.74, 6) is 1.02. The summed E-state index contributed by atoms with van der Waals surface area (Å²) in [6, 6.07) is 6.04. The Balaban J connectivity index is 1.72. The van der Waals surface area contributed by atoms with Crippen LogP contribution in [0.3, 0.4) is 0 Å². The Morgan fingerprint density at radius 2 is 2.31 bits per heavy atom. The molecule has 0 unspecified atom stereocenters. The van der Waals surface area contributed by atoms with Gasteiger partial charge in [-0.15, -0.1) is 0 Å². The van der Waals surface area contributed by atoms with Crippen LogP contribution in [0.15, 0.2) is 41.3 Å². The molecule has 0 saturated heterocycles. The van der Waals surface area contributed by atoms with E-state index in [1.165, 1.54) is 11.1 Å². The van der Waals surface area contributed by atoms with Crippen molar-refractivity contribution in [3.63, 3.8) is 0 Å². The van der Waals surface area contributed by atoms with Crippen LogP contribution >= 0.6 is 0 Å². The summed E-state index contributed by atoms with van der Waals surface area (Å²) >= 11 is 0. The molecule has 2 aromatic rings. The summed E-state index contributed by atoms with van der Waals surface area (Å²) in [4.78, 5) is 4.08. The number of aryl methyl sites for hydroxylation is 1. The van der Waals surface area contributed by atoms with Crippen molar-refractivity contribution in [2.75, 3.05) is 6.54 Å². The predicted octanol–water partition coefficient (Wildman–Crippen LogP) is 2.32. The molecule has 0 bridgehead atoms. The van der Waals surface area contributed by atoms with Gasteiger partial charge >= 0.3 is 0 Å². The van der Waals surface area contributed by atoms with Crippen molar-refractivity contribution in [1.29, 1.82) is 0 Å². The van der Waals surface area contributed by atoms with Crippen molar-refractivity contribution in [3.8, 4) is 0 Å². The Bertz CT molecular complexity index is 423. The zero-order chi connectivity index (χ0) is 11.2. The number of pyridine rings is 1. The van der Waals surface area contributed by atoms with Gasteiger partial charge in [0.05, 0.1) is 12.8 Å². The topological polar surface area (TPSA) is 38.1 Å². The Hall–Kier alpha value is -1.61. The highest BCUT2D eigenvalue weighted by atomic mass is 16.3. The van der Waals surface area contributed by atoms with Crippen molar-refractivity contribution in [3.05, 3.63) is 53.7 Å². The van der Waals surface area contributed by atoms with Gasteiger partial charge in [-0.2, -0.15) is 0 Å². The van der Waals surface area contributed by atoms with Crippen LogP contribution in [0.2, 0.25) is 0 Å². The highest BCUT2D eigenvalue weighted by molar-refractivity contribution is 5.14. The van der Waals surface area contributed by atoms with Crippen LogP contribution in [-0.2, 0) is 13.0 Å². The molecule has 0 spiro atoms. The van der Waals surface area contributed by atoms with E-state index in [0.29, 0.717) is 0 Å². The molecule has 3 nitrogen and oxygen atoms in total. The average Bonchev–Trinajstić information content (AvgIpc) is 2.72. The first-order valence-corrected chi connectivity index (χ1v) is 5.49. The van der Waals surface area contributed by atoms with E-state index >= 15 is 0 Å². The quantitative estimate of drug-likeness (QED) is 0.779. The number of rotatable bonds is 5. The third kappa shape index (κ3) is 2.94. The molecule has 2 rings (SSSR count). The van der Waals surface area contributed by atoms with E-state index in [-0.39, 0.29) is 0 Å². The van der Waals surface area contributed by atoms with E-state index in [2.05, 4.69) is 23.3 Å². The molecule has 0 aliphatic rings. The van der Waals surface area contributed by atoms with E-state index in [4.69, 9.17) is 4.42 Å². The van der Waals surface area contributed by atoms with Crippen LogP contribution in [0.1, 0.15) is 16.9 Å². The second-order valence-electron chi connectivity index (χ2n) is 3.81. The van der Waals surface area contributed by atoms with Crippen molar-refractivity contribution in [1.82, 2.24) is 10.3 Å². The number of hydrogen-bond donors (Lipinski definition) is 1. The fourth-order valence-electron chi connectivity index (χ4n) is 1.57. The van der Waals surface area contributed by atoms with Gasteiger partial charge in [0.15, 0.2) is 0 Å². The molecule has 0 aromatic carbocycles. The molecular weight excluding hydrogens is 200 g/mol. The molecule has 2 heterocycles. The van der Waals surface area contributed by atoms with Gasteiger partial charge < -0.3 is 9.73 Å².